The first-order chi connectivity index (χ1) is 26.4. The molecule has 2 aliphatic rings. The maximum atomic E-state index is 14.6. The largest absolute Gasteiger partial charge is 0.508 e. The summed E-state index contributed by atoms with van der Waals surface area (Å²) >= 11 is 0. The first kappa shape index (κ1) is 37.4. The monoisotopic (exact) mass is 905 g/mol. The van der Waals surface area contributed by atoms with Gasteiger partial charge in [0.1, 0.15) is 18.0 Å². The minimum atomic E-state index is -0.899. The van der Waals surface area contributed by atoms with Crippen LogP contribution in [0.15, 0.2) is 128 Å². The molecule has 0 radical (unpaired) electrons. The summed E-state index contributed by atoms with van der Waals surface area (Å²) in [7, 11) is 0. The molecule has 2 aliphatic heterocycles. The summed E-state index contributed by atoms with van der Waals surface area (Å²) in [6.07, 6.45) is 4.62. The molecule has 4 amide bonds. The number of carbonyl (C=O) groups excluding carboxylic acids is 3. The number of rotatable bonds is 10. The zero-order valence-corrected chi connectivity index (χ0v) is 32.8. The van der Waals surface area contributed by atoms with Gasteiger partial charge in [-0.15, -0.1) is 5.10 Å². The standard InChI is InChI=1S/C41H39N9O4.W/c51-35-15-13-29(14-16-35)21-37-40(53)46(24-33-11-6-10-32-9-4-5-12-36(32)33)27-38-49(37)39(52)28-48(50(38)41(54)43-22-30-7-2-1-3-8-30)26-34-25-47(45-44-34)23-31-17-19-42-20-18-31;/h1-20,25,37-38,51H,21-24,26-28H2,(H,43,54);/t37-,38-;/m0./s1. The molecule has 2 aromatic heterocycles. The molecule has 0 unspecified atom stereocenters. The Morgan fingerprint density at radius 2 is 1.55 bits per heavy atom. The van der Waals surface area contributed by atoms with E-state index < -0.39 is 18.2 Å². The van der Waals surface area contributed by atoms with Crippen molar-refractivity contribution in [3.8, 4) is 5.75 Å². The number of fused-ring (bicyclic) bond motifs is 2. The summed E-state index contributed by atoms with van der Waals surface area (Å²) in [6.45, 7) is 1.09. The van der Waals surface area contributed by atoms with Crippen molar-refractivity contribution in [1.29, 1.82) is 0 Å². The third-order valence-electron chi connectivity index (χ3n) is 9.96. The molecular formula is C41H39N9O4W. The minimum Gasteiger partial charge on any atom is -0.508 e. The first-order valence-electron chi connectivity index (χ1n) is 17.9. The van der Waals surface area contributed by atoms with E-state index in [1.165, 1.54) is 0 Å². The van der Waals surface area contributed by atoms with E-state index in [2.05, 4.69) is 20.6 Å². The topological polar surface area (TPSA) is 140 Å². The van der Waals surface area contributed by atoms with E-state index in [9.17, 15) is 19.5 Å². The molecule has 2 fully saturated rings. The molecule has 4 heterocycles. The number of phenolic OH excluding ortho intramolecular Hbond substituents is 1. The molecule has 0 aliphatic carbocycles. The van der Waals surface area contributed by atoms with Crippen LogP contribution in [-0.4, -0.2) is 88.0 Å². The van der Waals surface area contributed by atoms with Crippen LogP contribution in [0.5, 0.6) is 5.75 Å². The van der Waals surface area contributed by atoms with Gasteiger partial charge in [-0.2, -0.15) is 5.01 Å². The molecule has 6 aromatic rings. The quantitative estimate of drug-likeness (QED) is 0.207. The summed E-state index contributed by atoms with van der Waals surface area (Å²) in [5.41, 5.74) is 4.24. The van der Waals surface area contributed by atoms with E-state index in [1.807, 2.05) is 91.1 Å². The van der Waals surface area contributed by atoms with Crippen LogP contribution in [0, 0.1) is 0 Å². The Bertz CT molecular complexity index is 2270. The van der Waals surface area contributed by atoms with Gasteiger partial charge >= 0.3 is 6.03 Å². The Balaban J connectivity index is 0.00000465. The van der Waals surface area contributed by atoms with Gasteiger partial charge < -0.3 is 20.2 Å². The minimum absolute atomic E-state index is 0. The Labute approximate surface area is 332 Å². The summed E-state index contributed by atoms with van der Waals surface area (Å²) in [5, 5.41) is 27.1. The molecule has 0 bridgehead atoms. The Hall–Kier alpha value is -5.91. The van der Waals surface area contributed by atoms with E-state index in [1.54, 1.807) is 61.2 Å². The zero-order valence-electron chi connectivity index (χ0n) is 29.9. The molecule has 2 saturated heterocycles. The van der Waals surface area contributed by atoms with E-state index in [0.29, 0.717) is 12.2 Å². The third-order valence-corrected chi connectivity index (χ3v) is 9.96. The van der Waals surface area contributed by atoms with E-state index in [4.69, 9.17) is 0 Å². The molecule has 0 spiro atoms. The van der Waals surface area contributed by atoms with Crippen molar-refractivity contribution in [3.63, 3.8) is 0 Å². The molecular weight excluding hydrogens is 866 g/mol. The molecule has 278 valence electrons. The molecule has 0 saturated carbocycles. The van der Waals surface area contributed by atoms with Gasteiger partial charge in [-0.1, -0.05) is 90.1 Å². The number of nitrogens with one attached hydrogen (secondary N) is 1. The second kappa shape index (κ2) is 16.6. The van der Waals surface area contributed by atoms with Crippen molar-refractivity contribution in [2.75, 3.05) is 13.1 Å². The predicted molar refractivity (Wildman–Crippen MR) is 200 cm³/mol. The molecule has 55 heavy (non-hydrogen) atoms. The number of hydrazine groups is 1. The summed E-state index contributed by atoms with van der Waals surface area (Å²) in [5.74, 6) is -0.385. The van der Waals surface area contributed by atoms with Gasteiger partial charge in [0.05, 0.1) is 38.1 Å². The van der Waals surface area contributed by atoms with Crippen LogP contribution < -0.4 is 5.32 Å². The molecule has 8 rings (SSSR count). The fourth-order valence-electron chi connectivity index (χ4n) is 7.37. The number of benzene rings is 4. The number of hydrogen-bond acceptors (Lipinski definition) is 8. The predicted octanol–water partition coefficient (Wildman–Crippen LogP) is 4.33. The molecule has 13 nitrogen and oxygen atoms in total. The maximum Gasteiger partial charge on any atom is 0.334 e. The Morgan fingerprint density at radius 1 is 0.800 bits per heavy atom. The van der Waals surface area contributed by atoms with Crippen LogP contribution >= 0.6 is 0 Å². The van der Waals surface area contributed by atoms with E-state index in [0.717, 1.165) is 33.0 Å². The second-order valence-corrected chi connectivity index (χ2v) is 13.6. The van der Waals surface area contributed by atoms with Crippen LogP contribution in [0.25, 0.3) is 10.8 Å². The van der Waals surface area contributed by atoms with Crippen molar-refractivity contribution in [2.24, 2.45) is 0 Å². The third kappa shape index (κ3) is 8.28. The Kier molecular flexibility index (Phi) is 11.3. The van der Waals surface area contributed by atoms with Crippen LogP contribution in [0.3, 0.4) is 0 Å². The van der Waals surface area contributed by atoms with Crippen molar-refractivity contribution >= 4 is 28.6 Å². The van der Waals surface area contributed by atoms with Crippen molar-refractivity contribution in [3.05, 3.63) is 156 Å². The summed E-state index contributed by atoms with van der Waals surface area (Å²) < 4.78 is 1.71. The van der Waals surface area contributed by atoms with Gasteiger partial charge in [0.15, 0.2) is 0 Å². The number of pyridine rings is 1. The number of aromatic nitrogens is 4. The van der Waals surface area contributed by atoms with Crippen LogP contribution in [0.2, 0.25) is 0 Å². The van der Waals surface area contributed by atoms with Crippen molar-refractivity contribution in [1.82, 2.24) is 45.1 Å². The van der Waals surface area contributed by atoms with Crippen molar-refractivity contribution < 1.29 is 40.6 Å². The van der Waals surface area contributed by atoms with E-state index in [-0.39, 0.29) is 77.8 Å². The van der Waals surface area contributed by atoms with Gasteiger partial charge in [0.2, 0.25) is 11.8 Å². The number of amides is 4. The van der Waals surface area contributed by atoms with Crippen molar-refractivity contribution in [2.45, 2.75) is 44.8 Å². The van der Waals surface area contributed by atoms with Crippen LogP contribution in [0.4, 0.5) is 4.79 Å². The summed E-state index contributed by atoms with van der Waals surface area (Å²) in [6, 6.07) is 32.8. The van der Waals surface area contributed by atoms with Gasteiger partial charge in [0, 0.05) is 53.0 Å². The molecule has 2 atom stereocenters. The Morgan fingerprint density at radius 3 is 2.35 bits per heavy atom. The number of carbonyl (C=O) groups is 3. The average molecular weight is 906 g/mol. The van der Waals surface area contributed by atoms with Gasteiger partial charge in [-0.3, -0.25) is 14.6 Å². The SMILES string of the molecule is O=C1[C@H](Cc2ccc(O)cc2)N2C(=O)CN(Cc3cn(Cc4ccncc4)nn3)N(C(=O)NCc3ccccc3)[C@H]2CN1Cc1cccc2ccccc12.[W]. The van der Waals surface area contributed by atoms with Crippen LogP contribution in [0.1, 0.15) is 27.9 Å². The number of phenols is 1. The number of nitrogens with zero attached hydrogens (tertiary/aromatic N) is 8. The number of urea groups is 1. The number of aromatic hydroxyl groups is 1. The van der Waals surface area contributed by atoms with E-state index >= 15 is 0 Å². The van der Waals surface area contributed by atoms with Crippen LogP contribution in [-0.2, 0) is 63.3 Å². The number of piperazine rings is 1. The smallest absolute Gasteiger partial charge is 0.334 e. The average Bonchev–Trinajstić information content (AvgIpc) is 3.63. The van der Waals surface area contributed by atoms with Gasteiger partial charge in [-0.25, -0.2) is 14.5 Å². The molecule has 14 heteroatoms. The molecule has 4 aromatic carbocycles. The fraction of sp³-hybridized carbons (Fsp3) is 0.220. The van der Waals surface area contributed by atoms with Gasteiger partial charge in [-0.05, 0) is 57.3 Å². The molecule has 2 N–H and O–H groups in total. The first-order valence-corrected chi connectivity index (χ1v) is 17.9. The maximum absolute atomic E-state index is 14.6. The van der Waals surface area contributed by atoms with Gasteiger partial charge in [0.25, 0.3) is 0 Å². The number of hydrogen-bond donors (Lipinski definition) is 2. The second-order valence-electron chi connectivity index (χ2n) is 13.6. The normalized spacial score (nSPS) is 17.2. The summed E-state index contributed by atoms with van der Waals surface area (Å²) in [4.78, 5) is 50.8. The fourth-order valence-corrected chi connectivity index (χ4v) is 7.37. The zero-order chi connectivity index (χ0) is 37.0.